The second-order valence-electron chi connectivity index (χ2n) is 5.14. The molecule has 1 fully saturated rings. The Morgan fingerprint density at radius 2 is 2.10 bits per heavy atom. The van der Waals surface area contributed by atoms with Gasteiger partial charge in [-0.1, -0.05) is 0 Å². The average molecular weight is 289 g/mol. The number of rotatable bonds is 3. The number of aromatic nitrogens is 3. The van der Waals surface area contributed by atoms with Crippen LogP contribution < -0.4 is 10.2 Å². The van der Waals surface area contributed by atoms with Gasteiger partial charge >= 0.3 is 0 Å². The molecular formula is C14H19N5S. The zero-order chi connectivity index (χ0) is 13.9. The topological polar surface area (TPSA) is 53.9 Å². The Morgan fingerprint density at radius 1 is 1.30 bits per heavy atom. The van der Waals surface area contributed by atoms with Crippen molar-refractivity contribution in [3.05, 3.63) is 29.2 Å². The highest BCUT2D eigenvalue weighted by atomic mass is 32.1. The van der Waals surface area contributed by atoms with Gasteiger partial charge in [0.25, 0.3) is 0 Å². The quantitative estimate of drug-likeness (QED) is 0.941. The van der Waals surface area contributed by atoms with Gasteiger partial charge in [0, 0.05) is 30.2 Å². The highest BCUT2D eigenvalue weighted by molar-refractivity contribution is 7.15. The molecular weight excluding hydrogens is 270 g/mol. The van der Waals surface area contributed by atoms with E-state index in [9.17, 15) is 0 Å². The smallest absolute Gasteiger partial charge is 0.185 e. The number of nitrogens with one attached hydrogen (secondary N) is 1. The van der Waals surface area contributed by atoms with E-state index in [1.807, 2.05) is 6.07 Å². The number of anilines is 2. The molecule has 106 valence electrons. The Hall–Kier alpha value is -1.69. The molecule has 0 amide bonds. The number of piperidine rings is 1. The van der Waals surface area contributed by atoms with E-state index < -0.39 is 0 Å². The van der Waals surface area contributed by atoms with Crippen molar-refractivity contribution in [3.63, 3.8) is 0 Å². The Bertz CT molecular complexity index is 541. The molecule has 0 bridgehead atoms. The van der Waals surface area contributed by atoms with E-state index in [1.165, 1.54) is 10.0 Å². The molecule has 20 heavy (non-hydrogen) atoms. The largest absolute Gasteiger partial charge is 0.367 e. The fraction of sp³-hybridized carbons (Fsp3) is 0.500. The van der Waals surface area contributed by atoms with Gasteiger partial charge in [0.05, 0.1) is 5.69 Å². The molecule has 0 unspecified atom stereocenters. The molecule has 0 aliphatic carbocycles. The summed E-state index contributed by atoms with van der Waals surface area (Å²) >= 11 is 1.80. The van der Waals surface area contributed by atoms with E-state index >= 15 is 0 Å². The summed E-state index contributed by atoms with van der Waals surface area (Å²) in [6.07, 6.45) is 5.58. The number of thiazole rings is 1. The third-order valence-corrected chi connectivity index (χ3v) is 4.85. The van der Waals surface area contributed by atoms with Crippen molar-refractivity contribution in [1.29, 1.82) is 0 Å². The Kier molecular flexibility index (Phi) is 3.82. The van der Waals surface area contributed by atoms with Crippen molar-refractivity contribution < 1.29 is 0 Å². The van der Waals surface area contributed by atoms with Crippen LogP contribution in [0.15, 0.2) is 18.6 Å². The highest BCUT2D eigenvalue weighted by Crippen LogP contribution is 2.28. The van der Waals surface area contributed by atoms with Crippen LogP contribution in [0.4, 0.5) is 10.9 Å². The highest BCUT2D eigenvalue weighted by Gasteiger charge is 2.21. The molecule has 3 heterocycles. The van der Waals surface area contributed by atoms with Crippen LogP contribution in [0.1, 0.15) is 23.4 Å². The Morgan fingerprint density at radius 3 is 2.70 bits per heavy atom. The lowest BCUT2D eigenvalue weighted by Gasteiger charge is -2.32. The van der Waals surface area contributed by atoms with Crippen LogP contribution in [0, 0.1) is 13.8 Å². The molecule has 1 N–H and O–H groups in total. The van der Waals surface area contributed by atoms with E-state index in [1.54, 1.807) is 23.9 Å². The minimum Gasteiger partial charge on any atom is -0.367 e. The zero-order valence-electron chi connectivity index (χ0n) is 11.8. The van der Waals surface area contributed by atoms with Crippen molar-refractivity contribution in [2.75, 3.05) is 23.3 Å². The van der Waals surface area contributed by atoms with Gasteiger partial charge in [0.2, 0.25) is 0 Å². The molecule has 0 atom stereocenters. The number of nitrogens with zero attached hydrogens (tertiary/aromatic N) is 4. The Labute approximate surface area is 123 Å². The van der Waals surface area contributed by atoms with Gasteiger partial charge in [0.15, 0.2) is 5.13 Å². The lowest BCUT2D eigenvalue weighted by atomic mass is 10.1. The van der Waals surface area contributed by atoms with Crippen LogP contribution in [0.25, 0.3) is 0 Å². The second-order valence-corrected chi connectivity index (χ2v) is 6.32. The predicted molar refractivity (Wildman–Crippen MR) is 82.5 cm³/mol. The maximum atomic E-state index is 4.65. The molecule has 2 aromatic heterocycles. The van der Waals surface area contributed by atoms with Gasteiger partial charge in [0.1, 0.15) is 12.1 Å². The third-order valence-electron chi connectivity index (χ3n) is 3.72. The van der Waals surface area contributed by atoms with E-state index in [-0.39, 0.29) is 0 Å². The Balaban J connectivity index is 1.57. The van der Waals surface area contributed by atoms with Crippen molar-refractivity contribution in [1.82, 2.24) is 15.0 Å². The van der Waals surface area contributed by atoms with Crippen LogP contribution >= 0.6 is 11.3 Å². The molecule has 1 aliphatic heterocycles. The zero-order valence-corrected chi connectivity index (χ0v) is 12.7. The van der Waals surface area contributed by atoms with E-state index in [2.05, 4.69) is 39.0 Å². The van der Waals surface area contributed by atoms with Gasteiger partial charge in [-0.15, -0.1) is 11.3 Å². The summed E-state index contributed by atoms with van der Waals surface area (Å²) in [4.78, 5) is 16.5. The average Bonchev–Trinajstić information content (AvgIpc) is 2.81. The fourth-order valence-corrected chi connectivity index (χ4v) is 3.35. The molecule has 6 heteroatoms. The lowest BCUT2D eigenvalue weighted by molar-refractivity contribution is 0.524. The molecule has 0 spiro atoms. The first-order valence-corrected chi connectivity index (χ1v) is 7.75. The fourth-order valence-electron chi connectivity index (χ4n) is 2.39. The van der Waals surface area contributed by atoms with Gasteiger partial charge in [-0.05, 0) is 32.8 Å². The van der Waals surface area contributed by atoms with Crippen molar-refractivity contribution in [2.45, 2.75) is 32.7 Å². The van der Waals surface area contributed by atoms with Gasteiger partial charge in [-0.25, -0.2) is 15.0 Å². The second kappa shape index (κ2) is 5.75. The molecule has 3 rings (SSSR count). The normalized spacial score (nSPS) is 16.4. The van der Waals surface area contributed by atoms with E-state index in [0.717, 1.165) is 37.4 Å². The molecule has 1 saturated heterocycles. The molecule has 0 radical (unpaired) electrons. The third kappa shape index (κ3) is 2.90. The summed E-state index contributed by atoms with van der Waals surface area (Å²) in [7, 11) is 0. The first kappa shape index (κ1) is 13.3. The molecule has 0 saturated carbocycles. The van der Waals surface area contributed by atoms with Crippen molar-refractivity contribution >= 4 is 22.3 Å². The summed E-state index contributed by atoms with van der Waals surface area (Å²) in [5, 5.41) is 4.64. The molecule has 5 nitrogen and oxygen atoms in total. The summed E-state index contributed by atoms with van der Waals surface area (Å²) in [5.74, 6) is 0.916. The summed E-state index contributed by atoms with van der Waals surface area (Å²) < 4.78 is 0. The summed E-state index contributed by atoms with van der Waals surface area (Å²) in [5.41, 5.74) is 1.16. The maximum Gasteiger partial charge on any atom is 0.185 e. The summed E-state index contributed by atoms with van der Waals surface area (Å²) in [6, 6.07) is 2.41. The summed E-state index contributed by atoms with van der Waals surface area (Å²) in [6.45, 7) is 6.32. The van der Waals surface area contributed by atoms with Gasteiger partial charge < -0.3 is 10.2 Å². The standard InChI is InChI=1S/C14H19N5S/c1-10-11(2)20-14(17-10)19-7-4-12(5-8-19)18-13-3-6-15-9-16-13/h3,6,9,12H,4-5,7-8H2,1-2H3,(H,15,16,18). The van der Waals surface area contributed by atoms with E-state index in [0.29, 0.717) is 6.04 Å². The SMILES string of the molecule is Cc1nc(N2CCC(Nc3ccncn3)CC2)sc1C. The predicted octanol–water partition coefficient (Wildman–Crippen LogP) is 2.63. The molecule has 2 aromatic rings. The van der Waals surface area contributed by atoms with Crippen LogP contribution in [0.3, 0.4) is 0 Å². The van der Waals surface area contributed by atoms with Crippen LogP contribution in [0.5, 0.6) is 0 Å². The van der Waals surface area contributed by atoms with Gasteiger partial charge in [-0.2, -0.15) is 0 Å². The number of hydrogen-bond donors (Lipinski definition) is 1. The number of aryl methyl sites for hydroxylation is 2. The van der Waals surface area contributed by atoms with Crippen LogP contribution in [-0.2, 0) is 0 Å². The monoisotopic (exact) mass is 289 g/mol. The first-order chi connectivity index (χ1) is 9.72. The van der Waals surface area contributed by atoms with Crippen molar-refractivity contribution in [3.8, 4) is 0 Å². The minimum atomic E-state index is 0.489. The molecule has 1 aliphatic rings. The van der Waals surface area contributed by atoms with Crippen LogP contribution in [-0.4, -0.2) is 34.1 Å². The molecule has 0 aromatic carbocycles. The number of hydrogen-bond acceptors (Lipinski definition) is 6. The van der Waals surface area contributed by atoms with Gasteiger partial charge in [-0.3, -0.25) is 0 Å². The minimum absolute atomic E-state index is 0.489. The van der Waals surface area contributed by atoms with E-state index in [4.69, 9.17) is 0 Å². The van der Waals surface area contributed by atoms with Crippen LogP contribution in [0.2, 0.25) is 0 Å². The lowest BCUT2D eigenvalue weighted by Crippen LogP contribution is -2.39. The first-order valence-electron chi connectivity index (χ1n) is 6.94. The maximum absolute atomic E-state index is 4.65. The van der Waals surface area contributed by atoms with Crippen molar-refractivity contribution in [2.24, 2.45) is 0 Å².